The predicted octanol–water partition coefficient (Wildman–Crippen LogP) is 6.15. The van der Waals surface area contributed by atoms with E-state index in [1.807, 2.05) is 53.2 Å². The molecule has 0 amide bonds. The van der Waals surface area contributed by atoms with Crippen LogP contribution in [0, 0.1) is 18.2 Å². The van der Waals surface area contributed by atoms with Crippen LogP contribution in [0.25, 0.3) is 11.6 Å². The molecule has 5 aromatic rings. The molecule has 3 aromatic carbocycles. The number of aromatic nitrogens is 2. The van der Waals surface area contributed by atoms with Crippen molar-refractivity contribution in [1.82, 2.24) is 9.55 Å². The van der Waals surface area contributed by atoms with Crippen LogP contribution in [-0.2, 0) is 13.2 Å². The molecule has 0 saturated heterocycles. The Bertz CT molecular complexity index is 1400. The number of rotatable bonds is 9. The summed E-state index contributed by atoms with van der Waals surface area (Å²) in [5.41, 5.74) is 3.03. The number of ether oxygens (including phenoxy) is 1. The third kappa shape index (κ3) is 5.08. The minimum Gasteiger partial charge on any atom is -0.481 e. The van der Waals surface area contributed by atoms with Gasteiger partial charge in [-0.3, -0.25) is 4.79 Å². The highest BCUT2D eigenvalue weighted by Crippen LogP contribution is 2.34. The molecule has 0 unspecified atom stereocenters. The summed E-state index contributed by atoms with van der Waals surface area (Å²) in [6.07, 6.45) is 6.07. The number of hydrogen-bond donors (Lipinski definition) is 0. The van der Waals surface area contributed by atoms with Gasteiger partial charge in [0.2, 0.25) is 11.5 Å². The zero-order chi connectivity index (χ0) is 24.7. The van der Waals surface area contributed by atoms with Crippen molar-refractivity contribution in [2.24, 2.45) is 5.92 Å². The first-order valence-corrected chi connectivity index (χ1v) is 12.0. The quantitative estimate of drug-likeness (QED) is 0.257. The molecule has 36 heavy (non-hydrogen) atoms. The Morgan fingerprint density at radius 1 is 0.917 bits per heavy atom. The third-order valence-corrected chi connectivity index (χ3v) is 6.25. The summed E-state index contributed by atoms with van der Waals surface area (Å²) in [4.78, 5) is 17.2. The van der Waals surface area contributed by atoms with Gasteiger partial charge < -0.3 is 13.7 Å². The van der Waals surface area contributed by atoms with E-state index in [1.54, 1.807) is 6.20 Å². The van der Waals surface area contributed by atoms with E-state index in [9.17, 15) is 4.79 Å². The van der Waals surface area contributed by atoms with E-state index in [4.69, 9.17) is 9.15 Å². The second-order valence-corrected chi connectivity index (χ2v) is 8.77. The van der Waals surface area contributed by atoms with Crippen LogP contribution < -0.4 is 10.2 Å². The van der Waals surface area contributed by atoms with Gasteiger partial charge in [-0.05, 0) is 22.6 Å². The Morgan fingerprint density at radius 3 is 2.17 bits per heavy atom. The summed E-state index contributed by atoms with van der Waals surface area (Å²) in [5, 5.41) is 0. The molecule has 0 saturated carbocycles. The average Bonchev–Trinajstić information content (AvgIpc) is 3.37. The zero-order valence-electron chi connectivity index (χ0n) is 20.0. The van der Waals surface area contributed by atoms with E-state index < -0.39 is 5.43 Å². The van der Waals surface area contributed by atoms with E-state index in [2.05, 4.69) is 72.8 Å². The summed E-state index contributed by atoms with van der Waals surface area (Å²) in [7, 11) is 0. The molecule has 0 aliphatic carbocycles. The third-order valence-electron chi connectivity index (χ3n) is 6.25. The number of benzene rings is 3. The first-order valence-electron chi connectivity index (χ1n) is 12.0. The van der Waals surface area contributed by atoms with Crippen molar-refractivity contribution in [2.75, 3.05) is 0 Å². The second kappa shape index (κ2) is 10.8. The highest BCUT2D eigenvalue weighted by Gasteiger charge is 2.24. The van der Waals surface area contributed by atoms with Gasteiger partial charge >= 0.3 is 0 Å². The summed E-state index contributed by atoms with van der Waals surface area (Å²) in [6, 6.07) is 33.1. The lowest BCUT2D eigenvalue weighted by Gasteiger charge is -2.26. The molecule has 0 bridgehead atoms. The number of imidazole rings is 1. The Morgan fingerprint density at radius 2 is 1.53 bits per heavy atom. The van der Waals surface area contributed by atoms with Gasteiger partial charge in [0.15, 0.2) is 5.82 Å². The second-order valence-electron chi connectivity index (χ2n) is 8.77. The fraction of sp³-hybridized carbons (Fsp3) is 0.161. The summed E-state index contributed by atoms with van der Waals surface area (Å²) in [6.45, 7) is 3.12. The zero-order valence-corrected chi connectivity index (χ0v) is 20.0. The minimum absolute atomic E-state index is 0.0837. The standard InChI is InChI=1S/C31H26N2O3/c1-23(28(25-13-7-3-8-14-25)26-15-9-4-10-16-26)21-33-19-18-32-31(33)30-29(27(34)17-20-35-30)36-22-24-11-5-2-6-12-24/h2-16,18-19,23,28H,21-22H2,1H3/t23-/m1/s1. The average molecular weight is 475 g/mol. The molecule has 2 heterocycles. The Kier molecular flexibility index (Phi) is 6.95. The van der Waals surface area contributed by atoms with E-state index in [0.717, 1.165) is 5.56 Å². The van der Waals surface area contributed by atoms with Gasteiger partial charge in [0.1, 0.15) is 12.9 Å². The van der Waals surface area contributed by atoms with Gasteiger partial charge in [0.25, 0.3) is 5.43 Å². The van der Waals surface area contributed by atoms with E-state index in [0.29, 0.717) is 12.4 Å². The van der Waals surface area contributed by atoms with Crippen molar-refractivity contribution in [3.8, 4) is 17.3 Å². The highest BCUT2D eigenvalue weighted by atomic mass is 16.5. The fourth-order valence-corrected chi connectivity index (χ4v) is 4.59. The predicted molar refractivity (Wildman–Crippen MR) is 139 cm³/mol. The van der Waals surface area contributed by atoms with Crippen molar-refractivity contribution in [3.05, 3.63) is 143 Å². The number of nitrogens with zero attached hydrogens (tertiary/aromatic N) is 2. The Labute approximate surface area is 210 Å². The fourth-order valence-electron chi connectivity index (χ4n) is 4.59. The Hall–Kier alpha value is -4.56. The topological polar surface area (TPSA) is 57.3 Å². The van der Waals surface area contributed by atoms with Crippen LogP contribution in [0.15, 0.2) is 113 Å². The van der Waals surface area contributed by atoms with Crippen molar-refractivity contribution in [3.63, 3.8) is 0 Å². The lowest BCUT2D eigenvalue weighted by Crippen LogP contribution is -2.18. The lowest BCUT2D eigenvalue weighted by molar-refractivity contribution is 0.295. The molecule has 5 heteroatoms. The molecule has 5 rings (SSSR count). The van der Waals surface area contributed by atoms with E-state index >= 15 is 0 Å². The largest absolute Gasteiger partial charge is 0.481 e. The monoisotopic (exact) mass is 474 g/mol. The molecule has 0 spiro atoms. The van der Waals surface area contributed by atoms with Gasteiger partial charge in [0, 0.05) is 30.9 Å². The normalized spacial score (nSPS) is 11.7. The Balaban J connectivity index is 1.45. The maximum absolute atomic E-state index is 12.7. The molecule has 5 nitrogen and oxygen atoms in total. The van der Waals surface area contributed by atoms with Crippen molar-refractivity contribution >= 4 is 0 Å². The van der Waals surface area contributed by atoms with Gasteiger partial charge in [0.05, 0.1) is 0 Å². The summed E-state index contributed by atoms with van der Waals surface area (Å²) in [5.74, 6) is 1.25. The molecular weight excluding hydrogens is 448 g/mol. The summed E-state index contributed by atoms with van der Waals surface area (Å²) < 4.78 is 13.6. The molecular formula is C31H26N2O3. The van der Waals surface area contributed by atoms with Crippen LogP contribution in [0.2, 0.25) is 0 Å². The van der Waals surface area contributed by atoms with Crippen molar-refractivity contribution in [1.29, 1.82) is 0 Å². The van der Waals surface area contributed by atoms with Gasteiger partial charge in [-0.25, -0.2) is 4.98 Å². The maximum atomic E-state index is 12.7. The smallest absolute Gasteiger partial charge is 0.277 e. The lowest BCUT2D eigenvalue weighted by atomic mass is 9.81. The van der Waals surface area contributed by atoms with Crippen LogP contribution in [0.5, 0.6) is 5.75 Å². The van der Waals surface area contributed by atoms with Gasteiger partial charge in [-0.2, -0.15) is 0 Å². The van der Waals surface area contributed by atoms with Crippen LogP contribution in [0.3, 0.4) is 0 Å². The van der Waals surface area contributed by atoms with Crippen LogP contribution in [-0.4, -0.2) is 9.55 Å². The van der Waals surface area contributed by atoms with Gasteiger partial charge in [-0.15, -0.1) is 0 Å². The first kappa shape index (κ1) is 23.2. The van der Waals surface area contributed by atoms with Crippen LogP contribution in [0.4, 0.5) is 0 Å². The molecule has 0 aliphatic rings. The van der Waals surface area contributed by atoms with Crippen LogP contribution >= 0.6 is 0 Å². The van der Waals surface area contributed by atoms with E-state index in [1.165, 1.54) is 11.1 Å². The van der Waals surface area contributed by atoms with Gasteiger partial charge in [-0.1, -0.05) is 97.9 Å². The van der Waals surface area contributed by atoms with Crippen molar-refractivity contribution in [2.45, 2.75) is 26.0 Å². The van der Waals surface area contributed by atoms with Crippen molar-refractivity contribution < 1.29 is 9.15 Å². The maximum Gasteiger partial charge on any atom is 0.277 e. The molecule has 0 fully saturated rings. The molecule has 0 radical (unpaired) electrons. The first-order chi connectivity index (χ1) is 17.7. The molecule has 0 aliphatic heterocycles. The van der Waals surface area contributed by atoms with Crippen LogP contribution in [0.1, 0.15) is 29.5 Å². The number of hydrogen-bond acceptors (Lipinski definition) is 4. The minimum atomic E-state index is -0.416. The summed E-state index contributed by atoms with van der Waals surface area (Å²) >= 11 is 0. The molecule has 1 atom stereocenters. The molecule has 2 aromatic heterocycles. The SMILES string of the molecule is C[C@H](Cn1ccnc1-c1oc#cc(=O)c1OCc1ccccc1)C(c1ccccc1)c1ccccc1. The molecule has 178 valence electrons. The molecule has 0 N–H and O–H groups in total. The highest BCUT2D eigenvalue weighted by molar-refractivity contribution is 5.56. The van der Waals surface area contributed by atoms with E-state index in [-0.39, 0.29) is 30.0 Å².